The molecular weight excluding hydrogens is 176 g/mol. The summed E-state index contributed by atoms with van der Waals surface area (Å²) in [6.07, 6.45) is 3.56. The average molecular weight is 192 g/mol. The number of ether oxygens (including phenoxy) is 1. The lowest BCUT2D eigenvalue weighted by atomic mass is 9.88. The first-order chi connectivity index (χ1) is 6.83. The number of hydrogen-bond acceptors (Lipinski definition) is 2. The van der Waals surface area contributed by atoms with E-state index in [2.05, 4.69) is 12.1 Å². The van der Waals surface area contributed by atoms with Gasteiger partial charge in [0.2, 0.25) is 0 Å². The third kappa shape index (κ3) is 1.81. The van der Waals surface area contributed by atoms with Crippen LogP contribution in [-0.4, -0.2) is 18.3 Å². The Balaban J connectivity index is 2.23. The number of fused-ring (bicyclic) bond motifs is 1. The molecule has 1 aliphatic rings. The first-order valence-electron chi connectivity index (χ1n) is 5.08. The van der Waals surface area contributed by atoms with Crippen LogP contribution >= 0.6 is 0 Å². The third-order valence-corrected chi connectivity index (χ3v) is 2.97. The van der Waals surface area contributed by atoms with Gasteiger partial charge in [-0.05, 0) is 36.0 Å². The molecule has 0 aromatic heterocycles. The number of aliphatic hydroxyl groups is 1. The minimum Gasteiger partial charge on any atom is -0.392 e. The number of aliphatic hydroxyl groups excluding tert-OH is 1. The van der Waals surface area contributed by atoms with Gasteiger partial charge in [-0.25, -0.2) is 0 Å². The van der Waals surface area contributed by atoms with Gasteiger partial charge in [-0.2, -0.15) is 0 Å². The summed E-state index contributed by atoms with van der Waals surface area (Å²) in [4.78, 5) is 0. The third-order valence-electron chi connectivity index (χ3n) is 2.97. The molecule has 1 aromatic carbocycles. The second kappa shape index (κ2) is 4.11. The average Bonchev–Trinajstić information content (AvgIpc) is 2.27. The van der Waals surface area contributed by atoms with Gasteiger partial charge < -0.3 is 9.84 Å². The molecule has 0 spiro atoms. The molecule has 1 N–H and O–H groups in total. The fraction of sp³-hybridized carbons (Fsp3) is 0.500. The highest BCUT2D eigenvalue weighted by atomic mass is 16.5. The molecule has 1 aromatic rings. The van der Waals surface area contributed by atoms with Crippen LogP contribution in [0.3, 0.4) is 0 Å². The summed E-state index contributed by atoms with van der Waals surface area (Å²) in [5, 5.41) is 9.01. The maximum Gasteiger partial charge on any atom is 0.0681 e. The van der Waals surface area contributed by atoms with E-state index in [4.69, 9.17) is 9.84 Å². The van der Waals surface area contributed by atoms with Gasteiger partial charge in [-0.3, -0.25) is 0 Å². The van der Waals surface area contributed by atoms with Gasteiger partial charge in [0.1, 0.15) is 0 Å². The van der Waals surface area contributed by atoms with Gasteiger partial charge in [0.15, 0.2) is 0 Å². The monoisotopic (exact) mass is 192 g/mol. The molecule has 2 rings (SSSR count). The van der Waals surface area contributed by atoms with Gasteiger partial charge in [0.25, 0.3) is 0 Å². The lowest BCUT2D eigenvalue weighted by molar-refractivity contribution is 0.0911. The zero-order valence-corrected chi connectivity index (χ0v) is 8.49. The largest absolute Gasteiger partial charge is 0.392 e. The van der Waals surface area contributed by atoms with Crippen LogP contribution in [0.5, 0.6) is 0 Å². The lowest BCUT2D eigenvalue weighted by Crippen LogP contribution is -2.21. The fourth-order valence-corrected chi connectivity index (χ4v) is 2.07. The Morgan fingerprint density at radius 3 is 3.00 bits per heavy atom. The maximum atomic E-state index is 9.01. The van der Waals surface area contributed by atoms with Gasteiger partial charge in [0, 0.05) is 7.11 Å². The van der Waals surface area contributed by atoms with Crippen molar-refractivity contribution in [2.45, 2.75) is 32.0 Å². The van der Waals surface area contributed by atoms with Crippen molar-refractivity contribution < 1.29 is 9.84 Å². The highest BCUT2D eigenvalue weighted by Crippen LogP contribution is 2.23. The number of rotatable bonds is 2. The molecular formula is C12H16O2. The van der Waals surface area contributed by atoms with Gasteiger partial charge >= 0.3 is 0 Å². The molecule has 76 valence electrons. The Morgan fingerprint density at radius 2 is 2.29 bits per heavy atom. The van der Waals surface area contributed by atoms with Crippen LogP contribution in [0.2, 0.25) is 0 Å². The highest BCUT2D eigenvalue weighted by molar-refractivity contribution is 5.34. The van der Waals surface area contributed by atoms with E-state index in [1.807, 2.05) is 6.07 Å². The van der Waals surface area contributed by atoms with Crippen molar-refractivity contribution in [1.82, 2.24) is 0 Å². The molecule has 0 radical (unpaired) electrons. The molecule has 0 saturated carbocycles. The second-order valence-electron chi connectivity index (χ2n) is 3.86. The van der Waals surface area contributed by atoms with Crippen molar-refractivity contribution in [3.8, 4) is 0 Å². The van der Waals surface area contributed by atoms with Gasteiger partial charge in [0.05, 0.1) is 12.7 Å². The minimum absolute atomic E-state index is 0.140. The summed E-state index contributed by atoms with van der Waals surface area (Å²) < 4.78 is 5.36. The van der Waals surface area contributed by atoms with Gasteiger partial charge in [-0.15, -0.1) is 0 Å². The Labute approximate surface area is 84.5 Å². The molecule has 2 heteroatoms. The molecule has 0 bridgehead atoms. The van der Waals surface area contributed by atoms with Crippen molar-refractivity contribution >= 4 is 0 Å². The number of aryl methyl sites for hydroxylation is 1. The number of hydrogen-bond donors (Lipinski definition) is 1. The standard InChI is InChI=1S/C12H16O2/c1-14-12-5-4-10-6-9(8-13)2-3-11(10)7-12/h2-3,6,12-13H,4-5,7-8H2,1H3. The summed E-state index contributed by atoms with van der Waals surface area (Å²) in [5.74, 6) is 0. The summed E-state index contributed by atoms with van der Waals surface area (Å²) in [6, 6.07) is 6.23. The van der Waals surface area contributed by atoms with Crippen LogP contribution in [0.1, 0.15) is 23.1 Å². The zero-order valence-electron chi connectivity index (χ0n) is 8.49. The van der Waals surface area contributed by atoms with E-state index in [0.29, 0.717) is 6.10 Å². The Bertz CT molecular complexity index is 320. The summed E-state index contributed by atoms with van der Waals surface area (Å²) >= 11 is 0. The molecule has 0 saturated heterocycles. The molecule has 1 unspecified atom stereocenters. The molecule has 1 atom stereocenters. The van der Waals surface area contributed by atoms with E-state index in [0.717, 1.165) is 24.8 Å². The van der Waals surface area contributed by atoms with E-state index in [9.17, 15) is 0 Å². The summed E-state index contributed by atoms with van der Waals surface area (Å²) in [7, 11) is 1.78. The molecule has 0 aliphatic heterocycles. The topological polar surface area (TPSA) is 29.5 Å². The van der Waals surface area contributed by atoms with E-state index in [1.165, 1.54) is 11.1 Å². The lowest BCUT2D eigenvalue weighted by Gasteiger charge is -2.23. The van der Waals surface area contributed by atoms with Crippen LogP contribution < -0.4 is 0 Å². The van der Waals surface area contributed by atoms with E-state index in [-0.39, 0.29) is 6.61 Å². The first-order valence-corrected chi connectivity index (χ1v) is 5.08. The van der Waals surface area contributed by atoms with Gasteiger partial charge in [-0.1, -0.05) is 18.2 Å². The van der Waals surface area contributed by atoms with Crippen LogP contribution in [0.15, 0.2) is 18.2 Å². The molecule has 14 heavy (non-hydrogen) atoms. The summed E-state index contributed by atoms with van der Waals surface area (Å²) in [6.45, 7) is 0.140. The van der Waals surface area contributed by atoms with Crippen molar-refractivity contribution in [3.63, 3.8) is 0 Å². The van der Waals surface area contributed by atoms with E-state index < -0.39 is 0 Å². The van der Waals surface area contributed by atoms with Crippen LogP contribution in [-0.2, 0) is 24.2 Å². The molecule has 0 fully saturated rings. The number of methoxy groups -OCH3 is 1. The summed E-state index contributed by atoms with van der Waals surface area (Å²) in [5.41, 5.74) is 3.77. The Kier molecular flexibility index (Phi) is 2.85. The SMILES string of the molecule is COC1CCc2cc(CO)ccc2C1. The molecule has 0 heterocycles. The predicted molar refractivity (Wildman–Crippen MR) is 55.2 cm³/mol. The Hall–Kier alpha value is -0.860. The minimum atomic E-state index is 0.140. The molecule has 0 amide bonds. The van der Waals surface area contributed by atoms with Crippen molar-refractivity contribution in [2.75, 3.05) is 7.11 Å². The van der Waals surface area contributed by atoms with E-state index >= 15 is 0 Å². The first kappa shape index (κ1) is 9.69. The van der Waals surface area contributed by atoms with Crippen molar-refractivity contribution in [1.29, 1.82) is 0 Å². The van der Waals surface area contributed by atoms with Crippen molar-refractivity contribution in [2.24, 2.45) is 0 Å². The maximum absolute atomic E-state index is 9.01. The Morgan fingerprint density at radius 1 is 1.43 bits per heavy atom. The van der Waals surface area contributed by atoms with Crippen LogP contribution in [0.25, 0.3) is 0 Å². The smallest absolute Gasteiger partial charge is 0.0681 e. The highest BCUT2D eigenvalue weighted by Gasteiger charge is 2.17. The van der Waals surface area contributed by atoms with Crippen LogP contribution in [0, 0.1) is 0 Å². The van der Waals surface area contributed by atoms with E-state index in [1.54, 1.807) is 7.11 Å². The normalized spacial score (nSPS) is 20.6. The van der Waals surface area contributed by atoms with Crippen molar-refractivity contribution in [3.05, 3.63) is 34.9 Å². The number of benzene rings is 1. The van der Waals surface area contributed by atoms with Crippen LogP contribution in [0.4, 0.5) is 0 Å². The molecule has 1 aliphatic carbocycles. The predicted octanol–water partition coefficient (Wildman–Crippen LogP) is 1.68. The fourth-order valence-electron chi connectivity index (χ4n) is 2.07. The second-order valence-corrected chi connectivity index (χ2v) is 3.86. The molecule has 2 nitrogen and oxygen atoms in total. The quantitative estimate of drug-likeness (QED) is 0.772. The zero-order chi connectivity index (χ0) is 9.97.